The fourth-order valence-corrected chi connectivity index (χ4v) is 3.30. The first-order chi connectivity index (χ1) is 14.0. The second-order valence-corrected chi connectivity index (χ2v) is 6.96. The van der Waals surface area contributed by atoms with E-state index in [0.717, 1.165) is 15.2 Å². The van der Waals surface area contributed by atoms with Crippen LogP contribution in [0.3, 0.4) is 0 Å². The van der Waals surface area contributed by atoms with Gasteiger partial charge in [0.1, 0.15) is 17.2 Å². The predicted octanol–water partition coefficient (Wildman–Crippen LogP) is 4.87. The Balaban J connectivity index is 1.81. The van der Waals surface area contributed by atoms with Gasteiger partial charge in [-0.3, -0.25) is 4.79 Å². The molecule has 0 heterocycles. The van der Waals surface area contributed by atoms with Crippen molar-refractivity contribution in [1.82, 2.24) is 5.43 Å². The summed E-state index contributed by atoms with van der Waals surface area (Å²) in [6, 6.07) is 14.3. The number of benzene rings is 3. The number of carbonyl (C=O) groups is 1. The number of ether oxygens (including phenoxy) is 2. The van der Waals surface area contributed by atoms with Crippen LogP contribution in [0.2, 0.25) is 0 Å². The fraction of sp³-hybridized carbons (Fsp3) is 0.182. The molecule has 0 aromatic heterocycles. The van der Waals surface area contributed by atoms with E-state index >= 15 is 0 Å². The molecule has 3 aromatic carbocycles. The summed E-state index contributed by atoms with van der Waals surface area (Å²) < 4.78 is 12.0. The number of hydrogen-bond acceptors (Lipinski definition) is 5. The van der Waals surface area contributed by atoms with Crippen molar-refractivity contribution in [3.05, 3.63) is 64.1 Å². The number of rotatable bonds is 7. The molecule has 3 aromatic rings. The average Bonchev–Trinajstić information content (AvgIpc) is 2.70. The van der Waals surface area contributed by atoms with Gasteiger partial charge in [-0.25, -0.2) is 5.43 Å². The normalized spacial score (nSPS) is 11.0. The molecule has 0 saturated heterocycles. The summed E-state index contributed by atoms with van der Waals surface area (Å²) in [4.78, 5) is 12.5. The van der Waals surface area contributed by atoms with Crippen LogP contribution >= 0.6 is 15.9 Å². The SMILES string of the molecule is CCOc1cc(OCC)c(C=NNC(=O)c2cc3ccccc3cc2O)cc1Br. The van der Waals surface area contributed by atoms with E-state index in [1.54, 1.807) is 24.3 Å². The van der Waals surface area contributed by atoms with Crippen molar-refractivity contribution in [3.63, 3.8) is 0 Å². The molecule has 0 unspecified atom stereocenters. The van der Waals surface area contributed by atoms with Crippen LogP contribution in [0.1, 0.15) is 29.8 Å². The average molecular weight is 457 g/mol. The lowest BCUT2D eigenvalue weighted by molar-refractivity contribution is 0.0952. The zero-order chi connectivity index (χ0) is 20.8. The highest BCUT2D eigenvalue weighted by Crippen LogP contribution is 2.32. The predicted molar refractivity (Wildman–Crippen MR) is 117 cm³/mol. The molecule has 0 atom stereocenters. The number of nitrogens with one attached hydrogen (secondary N) is 1. The quantitative estimate of drug-likeness (QED) is 0.392. The number of halogens is 1. The molecule has 7 heteroatoms. The number of aromatic hydroxyl groups is 1. The fourth-order valence-electron chi connectivity index (χ4n) is 2.83. The van der Waals surface area contributed by atoms with Crippen LogP contribution < -0.4 is 14.9 Å². The Morgan fingerprint density at radius 2 is 1.72 bits per heavy atom. The minimum atomic E-state index is -0.507. The lowest BCUT2D eigenvalue weighted by atomic mass is 10.1. The van der Waals surface area contributed by atoms with Crippen LogP contribution in [0.5, 0.6) is 17.2 Å². The maximum Gasteiger partial charge on any atom is 0.275 e. The highest BCUT2D eigenvalue weighted by atomic mass is 79.9. The van der Waals surface area contributed by atoms with Gasteiger partial charge in [0.05, 0.1) is 29.5 Å². The third-order valence-corrected chi connectivity index (χ3v) is 4.76. The molecule has 29 heavy (non-hydrogen) atoms. The maximum atomic E-state index is 12.5. The number of nitrogens with zero attached hydrogens (tertiary/aromatic N) is 1. The molecule has 0 saturated carbocycles. The first-order valence-corrected chi connectivity index (χ1v) is 9.97. The first-order valence-electron chi connectivity index (χ1n) is 9.17. The molecule has 0 aliphatic rings. The van der Waals surface area contributed by atoms with Crippen molar-refractivity contribution in [2.75, 3.05) is 13.2 Å². The van der Waals surface area contributed by atoms with E-state index in [4.69, 9.17) is 9.47 Å². The number of phenols is 1. The highest BCUT2D eigenvalue weighted by Gasteiger charge is 2.13. The van der Waals surface area contributed by atoms with E-state index in [1.807, 2.05) is 38.1 Å². The number of amides is 1. The van der Waals surface area contributed by atoms with Gasteiger partial charge in [0.25, 0.3) is 5.91 Å². The third-order valence-electron chi connectivity index (χ3n) is 4.14. The van der Waals surface area contributed by atoms with E-state index in [2.05, 4.69) is 26.5 Å². The molecule has 3 rings (SSSR count). The van der Waals surface area contributed by atoms with Gasteiger partial charge in [-0.05, 0) is 58.7 Å². The smallest absolute Gasteiger partial charge is 0.275 e. The van der Waals surface area contributed by atoms with Crippen molar-refractivity contribution in [1.29, 1.82) is 0 Å². The van der Waals surface area contributed by atoms with Crippen LogP contribution in [0.4, 0.5) is 0 Å². The summed E-state index contributed by atoms with van der Waals surface area (Å²) >= 11 is 3.46. The molecule has 0 fully saturated rings. The maximum absolute atomic E-state index is 12.5. The second kappa shape index (κ2) is 9.43. The number of hydrazone groups is 1. The van der Waals surface area contributed by atoms with Crippen LogP contribution in [0.15, 0.2) is 58.1 Å². The summed E-state index contributed by atoms with van der Waals surface area (Å²) in [5, 5.41) is 15.9. The second-order valence-electron chi connectivity index (χ2n) is 6.10. The molecular formula is C22H21BrN2O4. The van der Waals surface area contributed by atoms with Gasteiger partial charge >= 0.3 is 0 Å². The van der Waals surface area contributed by atoms with Gasteiger partial charge in [-0.15, -0.1) is 0 Å². The number of phenolic OH excluding ortho intramolecular Hbond substituents is 1. The van der Waals surface area contributed by atoms with Gasteiger partial charge in [-0.1, -0.05) is 24.3 Å². The summed E-state index contributed by atoms with van der Waals surface area (Å²) in [5.74, 6) is 0.645. The molecule has 6 nitrogen and oxygen atoms in total. The summed E-state index contributed by atoms with van der Waals surface area (Å²) in [6.45, 7) is 4.79. The zero-order valence-corrected chi connectivity index (χ0v) is 17.7. The summed E-state index contributed by atoms with van der Waals surface area (Å²) in [7, 11) is 0. The Labute approximate surface area is 177 Å². The molecule has 0 aliphatic heterocycles. The largest absolute Gasteiger partial charge is 0.507 e. The molecule has 0 spiro atoms. The Hall–Kier alpha value is -3.06. The Morgan fingerprint density at radius 3 is 2.41 bits per heavy atom. The lowest BCUT2D eigenvalue weighted by Gasteiger charge is -2.12. The van der Waals surface area contributed by atoms with E-state index in [9.17, 15) is 9.90 Å². The molecule has 150 valence electrons. The van der Waals surface area contributed by atoms with Gasteiger partial charge in [0.2, 0.25) is 0 Å². The van der Waals surface area contributed by atoms with Gasteiger partial charge in [0.15, 0.2) is 0 Å². The van der Waals surface area contributed by atoms with E-state index in [1.165, 1.54) is 6.21 Å². The van der Waals surface area contributed by atoms with Crippen molar-refractivity contribution in [3.8, 4) is 17.2 Å². The van der Waals surface area contributed by atoms with Crippen molar-refractivity contribution in [2.24, 2.45) is 5.10 Å². The minimum Gasteiger partial charge on any atom is -0.507 e. The number of fused-ring (bicyclic) bond motifs is 1. The molecular weight excluding hydrogens is 436 g/mol. The van der Waals surface area contributed by atoms with Crippen molar-refractivity contribution in [2.45, 2.75) is 13.8 Å². The van der Waals surface area contributed by atoms with Crippen molar-refractivity contribution >= 4 is 38.8 Å². The third kappa shape index (κ3) is 4.86. The zero-order valence-electron chi connectivity index (χ0n) is 16.1. The van der Waals surface area contributed by atoms with Crippen LogP contribution in [-0.4, -0.2) is 30.4 Å². The van der Waals surface area contributed by atoms with Gasteiger partial charge in [-0.2, -0.15) is 5.10 Å². The van der Waals surface area contributed by atoms with Crippen LogP contribution in [0.25, 0.3) is 10.8 Å². The summed E-state index contributed by atoms with van der Waals surface area (Å²) in [5.41, 5.74) is 3.27. The molecule has 0 bridgehead atoms. The Morgan fingerprint density at radius 1 is 1.07 bits per heavy atom. The lowest BCUT2D eigenvalue weighted by Crippen LogP contribution is -2.17. The van der Waals surface area contributed by atoms with Gasteiger partial charge in [0, 0.05) is 11.6 Å². The Bertz CT molecular complexity index is 1070. The minimum absolute atomic E-state index is 0.102. The van der Waals surface area contributed by atoms with E-state index < -0.39 is 5.91 Å². The Kier molecular flexibility index (Phi) is 6.72. The van der Waals surface area contributed by atoms with E-state index in [-0.39, 0.29) is 11.3 Å². The monoisotopic (exact) mass is 456 g/mol. The number of carbonyl (C=O) groups excluding carboxylic acids is 1. The standard InChI is InChI=1S/C22H21BrN2O4/c1-3-28-20-12-21(29-4-2)18(23)10-16(20)13-24-25-22(27)17-9-14-7-5-6-8-15(14)11-19(17)26/h5-13,26H,3-4H2,1-2H3,(H,25,27). The van der Waals surface area contributed by atoms with Gasteiger partial charge < -0.3 is 14.6 Å². The molecule has 2 N–H and O–H groups in total. The highest BCUT2D eigenvalue weighted by molar-refractivity contribution is 9.10. The van der Waals surface area contributed by atoms with E-state index in [0.29, 0.717) is 30.3 Å². The topological polar surface area (TPSA) is 80.2 Å². The first kappa shape index (κ1) is 20.7. The number of hydrogen-bond donors (Lipinski definition) is 2. The van der Waals surface area contributed by atoms with Crippen LogP contribution in [-0.2, 0) is 0 Å². The molecule has 0 aliphatic carbocycles. The van der Waals surface area contributed by atoms with Crippen molar-refractivity contribution < 1.29 is 19.4 Å². The summed E-state index contributed by atoms with van der Waals surface area (Å²) in [6.07, 6.45) is 1.49. The molecule has 0 radical (unpaired) electrons. The molecule has 1 amide bonds. The van der Waals surface area contributed by atoms with Crippen LogP contribution in [0, 0.1) is 0 Å².